The van der Waals surface area contributed by atoms with Crippen molar-refractivity contribution >= 4 is 6.29 Å². The average molecular weight is 204 g/mol. The fraction of sp³-hybridized carbons (Fsp3) is 0.308. The Morgan fingerprint density at radius 1 is 1.33 bits per heavy atom. The molecule has 0 saturated carbocycles. The van der Waals surface area contributed by atoms with Gasteiger partial charge in [-0.05, 0) is 31.6 Å². The number of aryl methyl sites for hydroxylation is 1. The fourth-order valence-corrected chi connectivity index (χ4v) is 1.42. The van der Waals surface area contributed by atoms with E-state index >= 15 is 0 Å². The molecule has 2 nitrogen and oxygen atoms in total. The van der Waals surface area contributed by atoms with Crippen LogP contribution in [-0.2, 0) is 11.2 Å². The van der Waals surface area contributed by atoms with Gasteiger partial charge in [-0.2, -0.15) is 0 Å². The summed E-state index contributed by atoms with van der Waals surface area (Å²) >= 11 is 0. The summed E-state index contributed by atoms with van der Waals surface area (Å²) in [5.41, 5.74) is 1.29. The molecule has 1 rings (SSSR count). The molecular weight excluding hydrogens is 188 g/mol. The highest BCUT2D eigenvalue weighted by atomic mass is 16.3. The zero-order valence-corrected chi connectivity index (χ0v) is 9.10. The number of aliphatic hydroxyl groups is 1. The predicted molar refractivity (Wildman–Crippen MR) is 60.7 cm³/mol. The van der Waals surface area contributed by atoms with E-state index in [1.54, 1.807) is 6.92 Å². The molecule has 0 aromatic heterocycles. The summed E-state index contributed by atoms with van der Waals surface area (Å²) in [5.74, 6) is 0. The molecule has 0 amide bonds. The number of hydrogen-bond acceptors (Lipinski definition) is 2. The summed E-state index contributed by atoms with van der Waals surface area (Å²) in [5, 5.41) is 9.92. The number of benzene rings is 1. The van der Waals surface area contributed by atoms with Crippen LogP contribution in [-0.4, -0.2) is 17.0 Å². The molecule has 0 radical (unpaired) electrons. The third kappa shape index (κ3) is 4.09. The van der Waals surface area contributed by atoms with Gasteiger partial charge in [0.1, 0.15) is 6.29 Å². The van der Waals surface area contributed by atoms with Crippen molar-refractivity contribution in [3.63, 3.8) is 0 Å². The van der Waals surface area contributed by atoms with Crippen LogP contribution in [0.2, 0.25) is 0 Å². The second-order valence-corrected chi connectivity index (χ2v) is 4.01. The van der Waals surface area contributed by atoms with E-state index in [-0.39, 0.29) is 0 Å². The summed E-state index contributed by atoms with van der Waals surface area (Å²) in [6.45, 7) is 3.71. The van der Waals surface area contributed by atoms with E-state index in [2.05, 4.69) is 0 Å². The first-order chi connectivity index (χ1) is 7.03. The highest BCUT2D eigenvalue weighted by Crippen LogP contribution is 2.14. The molecule has 80 valence electrons. The Kier molecular flexibility index (Phi) is 3.81. The molecule has 0 aliphatic rings. The van der Waals surface area contributed by atoms with Gasteiger partial charge in [-0.15, -0.1) is 0 Å². The molecule has 0 spiro atoms. The maximum Gasteiger partial charge on any atom is 0.142 e. The van der Waals surface area contributed by atoms with Crippen molar-refractivity contribution < 1.29 is 9.90 Å². The van der Waals surface area contributed by atoms with Gasteiger partial charge in [-0.3, -0.25) is 4.79 Å². The van der Waals surface area contributed by atoms with Gasteiger partial charge < -0.3 is 5.11 Å². The van der Waals surface area contributed by atoms with E-state index in [4.69, 9.17) is 0 Å². The minimum Gasteiger partial charge on any atom is -0.386 e. The van der Waals surface area contributed by atoms with E-state index in [0.29, 0.717) is 12.7 Å². The van der Waals surface area contributed by atoms with Gasteiger partial charge >= 0.3 is 0 Å². The highest BCUT2D eigenvalue weighted by Gasteiger charge is 2.16. The second kappa shape index (κ2) is 4.89. The quantitative estimate of drug-likeness (QED) is 0.602. The fourth-order valence-electron chi connectivity index (χ4n) is 1.42. The van der Waals surface area contributed by atoms with Crippen LogP contribution in [0.3, 0.4) is 0 Å². The van der Waals surface area contributed by atoms with Crippen LogP contribution in [0.25, 0.3) is 0 Å². The second-order valence-electron chi connectivity index (χ2n) is 4.01. The lowest BCUT2D eigenvalue weighted by molar-refractivity contribution is -0.104. The number of rotatable bonds is 4. The van der Waals surface area contributed by atoms with Crippen molar-refractivity contribution in [3.05, 3.63) is 47.5 Å². The predicted octanol–water partition coefficient (Wildman–Crippen LogP) is 2.04. The number of aldehydes is 1. The van der Waals surface area contributed by atoms with Crippen LogP contribution in [0, 0.1) is 6.92 Å². The molecule has 0 aliphatic heterocycles. The van der Waals surface area contributed by atoms with Crippen molar-refractivity contribution in [2.45, 2.75) is 25.9 Å². The van der Waals surface area contributed by atoms with Crippen molar-refractivity contribution in [2.75, 3.05) is 0 Å². The smallest absolute Gasteiger partial charge is 0.142 e. The van der Waals surface area contributed by atoms with Gasteiger partial charge in [0, 0.05) is 6.42 Å². The minimum atomic E-state index is -0.962. The Balaban J connectivity index is 2.72. The van der Waals surface area contributed by atoms with Crippen molar-refractivity contribution in [3.8, 4) is 0 Å². The Bertz CT molecular complexity index is 347. The maximum atomic E-state index is 10.2. The monoisotopic (exact) mass is 204 g/mol. The molecule has 0 bridgehead atoms. The van der Waals surface area contributed by atoms with Gasteiger partial charge in [0.05, 0.1) is 5.60 Å². The third-order valence-corrected chi connectivity index (χ3v) is 2.22. The van der Waals surface area contributed by atoms with Crippen molar-refractivity contribution in [2.24, 2.45) is 0 Å². The molecular formula is C13H16O2. The summed E-state index contributed by atoms with van der Waals surface area (Å²) in [6, 6.07) is 7.99. The zero-order chi connectivity index (χ0) is 11.3. The van der Waals surface area contributed by atoms with Gasteiger partial charge in [-0.25, -0.2) is 0 Å². The van der Waals surface area contributed by atoms with Crippen molar-refractivity contribution in [1.29, 1.82) is 0 Å². The van der Waals surface area contributed by atoms with Crippen LogP contribution in [0.15, 0.2) is 36.4 Å². The van der Waals surface area contributed by atoms with Crippen molar-refractivity contribution in [1.82, 2.24) is 0 Å². The van der Waals surface area contributed by atoms with Crippen LogP contribution >= 0.6 is 0 Å². The average Bonchev–Trinajstić information content (AvgIpc) is 2.18. The molecule has 0 heterocycles. The Morgan fingerprint density at radius 2 is 1.93 bits per heavy atom. The Hall–Kier alpha value is -1.41. The number of carbonyl (C=O) groups excluding carboxylic acids is 1. The zero-order valence-electron chi connectivity index (χ0n) is 9.10. The lowest BCUT2D eigenvalue weighted by Crippen LogP contribution is -2.24. The highest BCUT2D eigenvalue weighted by molar-refractivity contribution is 5.65. The lowest BCUT2D eigenvalue weighted by atomic mass is 9.95. The van der Waals surface area contributed by atoms with Gasteiger partial charge in [-0.1, -0.05) is 29.8 Å². The van der Waals surface area contributed by atoms with Crippen LogP contribution in [0.1, 0.15) is 18.1 Å². The third-order valence-electron chi connectivity index (χ3n) is 2.22. The lowest BCUT2D eigenvalue weighted by Gasteiger charge is -2.18. The minimum absolute atomic E-state index is 0.512. The molecule has 15 heavy (non-hydrogen) atoms. The Labute approximate surface area is 90.3 Å². The summed E-state index contributed by atoms with van der Waals surface area (Å²) in [4.78, 5) is 10.2. The molecule has 0 aliphatic carbocycles. The topological polar surface area (TPSA) is 37.3 Å². The van der Waals surface area contributed by atoms with Crippen LogP contribution in [0.5, 0.6) is 0 Å². The summed E-state index contributed by atoms with van der Waals surface area (Å²) in [7, 11) is 0. The first-order valence-corrected chi connectivity index (χ1v) is 4.94. The standard InChI is InChI=1S/C13H16O2/c1-11-4-6-12(7-5-11)10-13(2,15)8-3-9-14/h3-9,15H,10H2,1-2H3/b8-3+. The molecule has 1 unspecified atom stereocenters. The molecule has 0 saturated heterocycles. The molecule has 1 N–H and O–H groups in total. The van der Waals surface area contributed by atoms with E-state index in [1.807, 2.05) is 31.2 Å². The Morgan fingerprint density at radius 3 is 2.47 bits per heavy atom. The van der Waals surface area contributed by atoms with E-state index < -0.39 is 5.60 Å². The van der Waals surface area contributed by atoms with E-state index in [1.165, 1.54) is 17.7 Å². The van der Waals surface area contributed by atoms with Crippen LogP contribution in [0.4, 0.5) is 0 Å². The number of hydrogen-bond donors (Lipinski definition) is 1. The number of carbonyl (C=O) groups is 1. The van der Waals surface area contributed by atoms with E-state index in [9.17, 15) is 9.90 Å². The largest absolute Gasteiger partial charge is 0.386 e. The molecule has 0 fully saturated rings. The van der Waals surface area contributed by atoms with Gasteiger partial charge in [0.2, 0.25) is 0 Å². The first-order valence-electron chi connectivity index (χ1n) is 4.94. The summed E-state index contributed by atoms with van der Waals surface area (Å²) in [6.07, 6.45) is 4.02. The van der Waals surface area contributed by atoms with Crippen LogP contribution < -0.4 is 0 Å². The maximum absolute atomic E-state index is 10.2. The van der Waals surface area contributed by atoms with E-state index in [0.717, 1.165) is 5.56 Å². The van der Waals surface area contributed by atoms with Gasteiger partial charge in [0.25, 0.3) is 0 Å². The number of allylic oxidation sites excluding steroid dienone is 1. The molecule has 2 heteroatoms. The van der Waals surface area contributed by atoms with Gasteiger partial charge in [0.15, 0.2) is 0 Å². The first kappa shape index (κ1) is 11.7. The molecule has 1 aromatic carbocycles. The molecule has 1 aromatic rings. The normalized spacial score (nSPS) is 15.1. The summed E-state index contributed by atoms with van der Waals surface area (Å²) < 4.78 is 0. The SMILES string of the molecule is Cc1ccc(CC(C)(O)/C=C/C=O)cc1. The molecule has 1 atom stereocenters.